The Bertz CT molecular complexity index is 829. The van der Waals surface area contributed by atoms with Crippen LogP contribution in [0.1, 0.15) is 31.9 Å². The number of methoxy groups -OCH3 is 2. The molecule has 2 aromatic carbocycles. The van der Waals surface area contributed by atoms with Gasteiger partial charge in [0.2, 0.25) is 0 Å². The summed E-state index contributed by atoms with van der Waals surface area (Å²) in [5.74, 6) is 1.45. The maximum absolute atomic E-state index is 12.1. The Balaban J connectivity index is 2.06. The van der Waals surface area contributed by atoms with Gasteiger partial charge >= 0.3 is 6.09 Å². The molecule has 0 heterocycles. The average molecular weight is 445 g/mol. The zero-order valence-corrected chi connectivity index (χ0v) is 19.7. The summed E-state index contributed by atoms with van der Waals surface area (Å²) in [6.07, 6.45) is -0.766. The van der Waals surface area contributed by atoms with Crippen molar-refractivity contribution < 1.29 is 24.5 Å². The Labute approximate surface area is 191 Å². The van der Waals surface area contributed by atoms with Crippen molar-refractivity contribution in [2.75, 3.05) is 27.3 Å². The number of rotatable bonds is 11. The van der Waals surface area contributed by atoms with Gasteiger partial charge in [0, 0.05) is 18.2 Å². The van der Waals surface area contributed by atoms with Crippen molar-refractivity contribution in [3.05, 3.63) is 59.7 Å². The van der Waals surface area contributed by atoms with E-state index in [4.69, 9.17) is 9.47 Å². The van der Waals surface area contributed by atoms with Gasteiger partial charge in [-0.1, -0.05) is 30.3 Å². The fraction of sp³-hybridized carbons (Fsp3) is 0.480. The second-order valence-electron chi connectivity index (χ2n) is 8.82. The van der Waals surface area contributed by atoms with Gasteiger partial charge < -0.3 is 25.0 Å². The maximum atomic E-state index is 12.1. The summed E-state index contributed by atoms with van der Waals surface area (Å²) < 4.78 is 10.6. The van der Waals surface area contributed by atoms with Gasteiger partial charge in [-0.05, 0) is 63.4 Å². The number of amides is 1. The van der Waals surface area contributed by atoms with Crippen LogP contribution in [0.5, 0.6) is 11.5 Å². The van der Waals surface area contributed by atoms with Gasteiger partial charge in [-0.3, -0.25) is 4.90 Å². The molecule has 0 aliphatic rings. The average Bonchev–Trinajstić information content (AvgIpc) is 2.75. The molecule has 0 spiro atoms. The van der Waals surface area contributed by atoms with Crippen molar-refractivity contribution in [3.63, 3.8) is 0 Å². The molecule has 7 nitrogen and oxygen atoms in total. The number of aliphatic hydroxyl groups is 1. The molecular weight excluding hydrogens is 408 g/mol. The monoisotopic (exact) mass is 444 g/mol. The summed E-state index contributed by atoms with van der Waals surface area (Å²) in [5, 5.41) is 24.2. The van der Waals surface area contributed by atoms with Crippen LogP contribution in [0.4, 0.5) is 4.79 Å². The Morgan fingerprint density at radius 2 is 1.62 bits per heavy atom. The maximum Gasteiger partial charge on any atom is 0.408 e. The zero-order chi connectivity index (χ0) is 23.7. The summed E-state index contributed by atoms with van der Waals surface area (Å²) in [5.41, 5.74) is 1.38. The van der Waals surface area contributed by atoms with Crippen LogP contribution in [0.3, 0.4) is 0 Å². The van der Waals surface area contributed by atoms with Gasteiger partial charge in [-0.25, -0.2) is 4.79 Å². The first-order chi connectivity index (χ1) is 15.2. The van der Waals surface area contributed by atoms with Crippen LogP contribution in [0, 0.1) is 0 Å². The van der Waals surface area contributed by atoms with Crippen molar-refractivity contribution >= 4 is 6.09 Å². The predicted molar refractivity (Wildman–Crippen MR) is 126 cm³/mol. The minimum atomic E-state index is -1.04. The van der Waals surface area contributed by atoms with Crippen LogP contribution in [0.15, 0.2) is 48.5 Å². The summed E-state index contributed by atoms with van der Waals surface area (Å²) in [7, 11) is 3.23. The van der Waals surface area contributed by atoms with Gasteiger partial charge in [0.1, 0.15) is 11.5 Å². The molecule has 32 heavy (non-hydrogen) atoms. The highest BCUT2D eigenvalue weighted by atomic mass is 16.5. The third-order valence-electron chi connectivity index (χ3n) is 5.35. The first-order valence-corrected chi connectivity index (χ1v) is 10.8. The lowest BCUT2D eigenvalue weighted by Crippen LogP contribution is -2.58. The number of hydrogen-bond acceptors (Lipinski definition) is 5. The van der Waals surface area contributed by atoms with Gasteiger partial charge in [0.05, 0.1) is 26.4 Å². The number of nitrogens with one attached hydrogen (secondary N) is 1. The largest absolute Gasteiger partial charge is 0.497 e. The van der Waals surface area contributed by atoms with E-state index in [0.29, 0.717) is 19.4 Å². The molecule has 0 aromatic heterocycles. The molecule has 2 rings (SSSR count). The second kappa shape index (κ2) is 11.7. The topological polar surface area (TPSA) is 91.3 Å². The summed E-state index contributed by atoms with van der Waals surface area (Å²) in [6, 6.07) is 14.8. The van der Waals surface area contributed by atoms with Crippen molar-refractivity contribution in [1.82, 2.24) is 10.2 Å². The summed E-state index contributed by atoms with van der Waals surface area (Å²) in [6.45, 7) is 6.42. The van der Waals surface area contributed by atoms with Crippen molar-refractivity contribution in [2.45, 2.75) is 51.3 Å². The van der Waals surface area contributed by atoms with E-state index >= 15 is 0 Å². The molecule has 0 unspecified atom stereocenters. The van der Waals surface area contributed by atoms with E-state index in [2.05, 4.69) is 5.32 Å². The number of nitrogens with zero attached hydrogens (tertiary/aromatic N) is 1. The van der Waals surface area contributed by atoms with Crippen LogP contribution in [-0.4, -0.2) is 66.2 Å². The Kier molecular flexibility index (Phi) is 9.35. The third kappa shape index (κ3) is 7.43. The first-order valence-electron chi connectivity index (χ1n) is 10.8. The number of ether oxygens (including phenoxy) is 2. The first kappa shape index (κ1) is 25.5. The van der Waals surface area contributed by atoms with Gasteiger partial charge in [0.15, 0.2) is 0 Å². The molecule has 2 atom stereocenters. The number of hydrogen-bond donors (Lipinski definition) is 3. The highest BCUT2D eigenvalue weighted by molar-refractivity contribution is 5.66. The van der Waals surface area contributed by atoms with Crippen molar-refractivity contribution in [3.8, 4) is 11.5 Å². The third-order valence-corrected chi connectivity index (χ3v) is 5.35. The van der Waals surface area contributed by atoms with Crippen LogP contribution in [-0.2, 0) is 12.8 Å². The molecule has 0 radical (unpaired) electrons. The molecule has 0 saturated heterocycles. The number of benzene rings is 2. The van der Waals surface area contributed by atoms with Gasteiger partial charge in [0.25, 0.3) is 0 Å². The lowest BCUT2D eigenvalue weighted by Gasteiger charge is -2.42. The summed E-state index contributed by atoms with van der Waals surface area (Å²) >= 11 is 0. The van der Waals surface area contributed by atoms with Gasteiger partial charge in [-0.15, -0.1) is 0 Å². The SMILES string of the molecule is COc1cc(CCNC[C@@H](O)[C@H](Cc2ccccc2)N(C(=O)O)C(C)(C)C)cc(OC)c1. The highest BCUT2D eigenvalue weighted by Crippen LogP contribution is 2.24. The standard InChI is InChI=1S/C25H36N2O5/c1-25(2,3)27(24(29)30)22(15-18-9-7-6-8-10-18)23(28)17-26-12-11-19-13-20(31-4)16-21(14-19)32-5/h6-10,13-14,16,22-23,26,28H,11-12,15,17H2,1-5H3,(H,29,30)/t22-,23+/m0/s1. The van der Waals surface area contributed by atoms with Crippen LogP contribution < -0.4 is 14.8 Å². The molecule has 0 bridgehead atoms. The second-order valence-corrected chi connectivity index (χ2v) is 8.82. The molecule has 7 heteroatoms. The molecule has 3 N–H and O–H groups in total. The molecule has 0 fully saturated rings. The minimum Gasteiger partial charge on any atom is -0.497 e. The molecule has 2 aromatic rings. The van der Waals surface area contributed by atoms with E-state index in [0.717, 1.165) is 22.6 Å². The lowest BCUT2D eigenvalue weighted by molar-refractivity contribution is 0.00792. The van der Waals surface area contributed by atoms with E-state index in [1.54, 1.807) is 14.2 Å². The number of aliphatic hydroxyl groups excluding tert-OH is 1. The summed E-state index contributed by atoms with van der Waals surface area (Å²) in [4.78, 5) is 13.4. The van der Waals surface area contributed by atoms with E-state index in [9.17, 15) is 15.0 Å². The van der Waals surface area contributed by atoms with Crippen LogP contribution in [0.25, 0.3) is 0 Å². The molecule has 1 amide bonds. The fourth-order valence-electron chi connectivity index (χ4n) is 3.81. The predicted octanol–water partition coefficient (Wildman–Crippen LogP) is 3.59. The Morgan fingerprint density at radius 3 is 2.12 bits per heavy atom. The molecule has 0 saturated carbocycles. The zero-order valence-electron chi connectivity index (χ0n) is 19.7. The quantitative estimate of drug-likeness (QED) is 0.459. The number of carbonyl (C=O) groups is 1. The Morgan fingerprint density at radius 1 is 1.03 bits per heavy atom. The smallest absolute Gasteiger partial charge is 0.408 e. The van der Waals surface area contributed by atoms with E-state index < -0.39 is 23.8 Å². The van der Waals surface area contributed by atoms with Crippen LogP contribution >= 0.6 is 0 Å². The van der Waals surface area contributed by atoms with Crippen molar-refractivity contribution in [1.29, 1.82) is 0 Å². The molecule has 176 valence electrons. The highest BCUT2D eigenvalue weighted by Gasteiger charge is 2.37. The fourth-order valence-corrected chi connectivity index (χ4v) is 3.81. The van der Waals surface area contributed by atoms with Crippen molar-refractivity contribution in [2.24, 2.45) is 0 Å². The van der Waals surface area contributed by atoms with E-state index in [1.807, 2.05) is 69.3 Å². The Hall–Kier alpha value is -2.77. The lowest BCUT2D eigenvalue weighted by atomic mass is 9.94. The molecule has 0 aliphatic heterocycles. The minimum absolute atomic E-state index is 0.276. The molecular formula is C25H36N2O5. The normalized spacial score (nSPS) is 13.3. The van der Waals surface area contributed by atoms with E-state index in [-0.39, 0.29) is 6.54 Å². The number of carboxylic acid groups (broad SMARTS) is 1. The van der Waals surface area contributed by atoms with E-state index in [1.165, 1.54) is 4.90 Å². The molecule has 0 aliphatic carbocycles. The van der Waals surface area contributed by atoms with Gasteiger partial charge in [-0.2, -0.15) is 0 Å². The van der Waals surface area contributed by atoms with Crippen LogP contribution in [0.2, 0.25) is 0 Å².